The molecule has 1 aromatic heterocycles. The van der Waals surface area contributed by atoms with E-state index in [0.717, 1.165) is 16.8 Å². The fourth-order valence-electron chi connectivity index (χ4n) is 2.72. The minimum absolute atomic E-state index is 0.0817. The second-order valence-corrected chi connectivity index (χ2v) is 6.28. The summed E-state index contributed by atoms with van der Waals surface area (Å²) in [6.45, 7) is 4.40. The van der Waals surface area contributed by atoms with Crippen LogP contribution in [0.1, 0.15) is 22.8 Å². The van der Waals surface area contributed by atoms with Crippen LogP contribution in [0.25, 0.3) is 16.8 Å². The van der Waals surface area contributed by atoms with Gasteiger partial charge in [0.05, 0.1) is 24.7 Å². The number of rotatable bonds is 6. The van der Waals surface area contributed by atoms with Gasteiger partial charge in [0.1, 0.15) is 0 Å². The van der Waals surface area contributed by atoms with E-state index < -0.39 is 0 Å². The summed E-state index contributed by atoms with van der Waals surface area (Å²) in [5.74, 6) is -0.156. The van der Waals surface area contributed by atoms with Crippen LogP contribution in [0, 0.1) is 6.92 Å². The minimum Gasteiger partial charge on any atom is -0.383 e. The molecule has 1 N–H and O–H groups in total. The van der Waals surface area contributed by atoms with Crippen molar-refractivity contribution >= 4 is 5.91 Å². The first kappa shape index (κ1) is 17.8. The Balaban J connectivity index is 2.00. The highest BCUT2D eigenvalue weighted by molar-refractivity contribution is 5.96. The third-order valence-corrected chi connectivity index (χ3v) is 4.01. The van der Waals surface area contributed by atoms with Gasteiger partial charge in [-0.05, 0) is 43.2 Å². The second-order valence-electron chi connectivity index (χ2n) is 6.28. The quantitative estimate of drug-likeness (QED) is 0.742. The topological polar surface area (TPSA) is 69.0 Å². The number of nitrogens with one attached hydrogen (secondary N) is 1. The highest BCUT2D eigenvalue weighted by Crippen LogP contribution is 2.24. The van der Waals surface area contributed by atoms with Gasteiger partial charge in [0.25, 0.3) is 5.91 Å². The predicted octanol–water partition coefficient (Wildman–Crippen LogP) is 3.01. The number of ether oxygens (including phenoxy) is 1. The minimum atomic E-state index is -0.156. The number of carbonyl (C=O) groups is 1. The smallest absolute Gasteiger partial charge is 0.251 e. The summed E-state index contributed by atoms with van der Waals surface area (Å²) < 4.78 is 5.09. The molecule has 3 aromatic rings. The summed E-state index contributed by atoms with van der Waals surface area (Å²) in [7, 11) is 1.61. The van der Waals surface area contributed by atoms with Gasteiger partial charge in [0.2, 0.25) is 0 Å². The molecular formula is C20H22N4O2. The Morgan fingerprint density at radius 1 is 1.12 bits per heavy atom. The van der Waals surface area contributed by atoms with E-state index in [0.29, 0.717) is 12.2 Å². The number of hydrogen-bond acceptors (Lipinski definition) is 4. The average Bonchev–Trinajstić information content (AvgIpc) is 3.17. The van der Waals surface area contributed by atoms with E-state index in [9.17, 15) is 4.79 Å². The standard InChI is InChI=1S/C20H22N4O2/c1-14-4-6-16(7-5-14)17-10-18(20(25)23-15(2)13-26-3)12-19(11-17)24-21-8-9-22-24/h4-12,15H,13H2,1-3H3,(H,23,25). The molecule has 1 unspecified atom stereocenters. The Kier molecular flexibility index (Phi) is 5.43. The fraction of sp³-hybridized carbons (Fsp3) is 0.250. The number of aromatic nitrogens is 3. The lowest BCUT2D eigenvalue weighted by Crippen LogP contribution is -2.35. The van der Waals surface area contributed by atoms with Crippen LogP contribution < -0.4 is 5.32 Å². The Morgan fingerprint density at radius 2 is 1.81 bits per heavy atom. The zero-order chi connectivity index (χ0) is 18.5. The highest BCUT2D eigenvalue weighted by Gasteiger charge is 2.14. The summed E-state index contributed by atoms with van der Waals surface area (Å²) in [4.78, 5) is 14.2. The monoisotopic (exact) mass is 350 g/mol. The molecule has 6 nitrogen and oxygen atoms in total. The van der Waals surface area contributed by atoms with Gasteiger partial charge in [-0.15, -0.1) is 0 Å². The lowest BCUT2D eigenvalue weighted by atomic mass is 10.0. The van der Waals surface area contributed by atoms with E-state index >= 15 is 0 Å². The number of nitrogens with zero attached hydrogens (tertiary/aromatic N) is 3. The molecule has 134 valence electrons. The van der Waals surface area contributed by atoms with E-state index in [4.69, 9.17) is 4.74 Å². The summed E-state index contributed by atoms with van der Waals surface area (Å²) in [6.07, 6.45) is 3.22. The van der Waals surface area contributed by atoms with Gasteiger partial charge in [-0.3, -0.25) is 4.79 Å². The molecule has 0 aliphatic carbocycles. The number of aryl methyl sites for hydroxylation is 1. The normalized spacial score (nSPS) is 12.0. The number of hydrogen-bond donors (Lipinski definition) is 1. The molecule has 1 amide bonds. The molecule has 0 saturated carbocycles. The molecule has 6 heteroatoms. The Morgan fingerprint density at radius 3 is 2.46 bits per heavy atom. The first-order valence-electron chi connectivity index (χ1n) is 8.45. The van der Waals surface area contributed by atoms with Crippen molar-refractivity contribution in [1.82, 2.24) is 20.3 Å². The molecule has 1 atom stereocenters. The van der Waals surface area contributed by atoms with Crippen molar-refractivity contribution in [2.24, 2.45) is 0 Å². The van der Waals surface area contributed by atoms with Crippen molar-refractivity contribution < 1.29 is 9.53 Å². The van der Waals surface area contributed by atoms with Gasteiger partial charge in [0.15, 0.2) is 0 Å². The molecular weight excluding hydrogens is 328 g/mol. The van der Waals surface area contributed by atoms with E-state index in [2.05, 4.69) is 27.6 Å². The van der Waals surface area contributed by atoms with Crippen molar-refractivity contribution in [1.29, 1.82) is 0 Å². The Labute approximate surface area is 152 Å². The molecule has 0 spiro atoms. The number of methoxy groups -OCH3 is 1. The third-order valence-electron chi connectivity index (χ3n) is 4.01. The van der Waals surface area contributed by atoms with E-state index in [-0.39, 0.29) is 11.9 Å². The summed E-state index contributed by atoms with van der Waals surface area (Å²) in [5, 5.41) is 11.3. The molecule has 0 aliphatic heterocycles. The van der Waals surface area contributed by atoms with Gasteiger partial charge < -0.3 is 10.1 Å². The first-order chi connectivity index (χ1) is 12.6. The molecule has 26 heavy (non-hydrogen) atoms. The summed E-state index contributed by atoms with van der Waals surface area (Å²) in [6, 6.07) is 13.7. The number of benzene rings is 2. The molecule has 0 bridgehead atoms. The maximum Gasteiger partial charge on any atom is 0.251 e. The van der Waals surface area contributed by atoms with Crippen molar-refractivity contribution in [3.05, 3.63) is 66.0 Å². The molecule has 2 aromatic carbocycles. The van der Waals surface area contributed by atoms with Crippen molar-refractivity contribution in [2.75, 3.05) is 13.7 Å². The lowest BCUT2D eigenvalue weighted by Gasteiger charge is -2.14. The van der Waals surface area contributed by atoms with Crippen LogP contribution in [0.15, 0.2) is 54.9 Å². The summed E-state index contributed by atoms with van der Waals surface area (Å²) in [5.41, 5.74) is 4.44. The van der Waals surface area contributed by atoms with Gasteiger partial charge in [-0.25, -0.2) is 0 Å². The number of carbonyl (C=O) groups excluding carboxylic acids is 1. The largest absolute Gasteiger partial charge is 0.383 e. The SMILES string of the molecule is COCC(C)NC(=O)c1cc(-c2ccc(C)cc2)cc(-n2nccn2)c1. The number of amides is 1. The van der Waals surface area contributed by atoms with Gasteiger partial charge >= 0.3 is 0 Å². The summed E-state index contributed by atoms with van der Waals surface area (Å²) >= 11 is 0. The van der Waals surface area contributed by atoms with Crippen LogP contribution in [0.5, 0.6) is 0 Å². The molecule has 0 fully saturated rings. The van der Waals surface area contributed by atoms with Crippen LogP contribution in [0.4, 0.5) is 0 Å². The molecule has 0 radical (unpaired) electrons. The lowest BCUT2D eigenvalue weighted by molar-refractivity contribution is 0.0905. The van der Waals surface area contributed by atoms with Crippen LogP contribution >= 0.6 is 0 Å². The zero-order valence-electron chi connectivity index (χ0n) is 15.1. The van der Waals surface area contributed by atoms with Crippen LogP contribution in [-0.2, 0) is 4.74 Å². The molecule has 0 aliphatic rings. The van der Waals surface area contributed by atoms with Crippen LogP contribution in [0.3, 0.4) is 0 Å². The van der Waals surface area contributed by atoms with E-state index in [1.54, 1.807) is 25.6 Å². The Bertz CT molecular complexity index is 873. The molecule has 1 heterocycles. The van der Waals surface area contributed by atoms with E-state index in [1.807, 2.05) is 38.1 Å². The van der Waals surface area contributed by atoms with Crippen molar-refractivity contribution in [3.63, 3.8) is 0 Å². The van der Waals surface area contributed by atoms with Crippen molar-refractivity contribution in [3.8, 4) is 16.8 Å². The van der Waals surface area contributed by atoms with Crippen molar-refractivity contribution in [2.45, 2.75) is 19.9 Å². The Hall–Kier alpha value is -2.99. The maximum atomic E-state index is 12.7. The third kappa shape index (κ3) is 4.15. The van der Waals surface area contributed by atoms with Gasteiger partial charge in [0, 0.05) is 18.7 Å². The predicted molar refractivity (Wildman–Crippen MR) is 100 cm³/mol. The second kappa shape index (κ2) is 7.93. The van der Waals surface area contributed by atoms with E-state index in [1.165, 1.54) is 10.4 Å². The van der Waals surface area contributed by atoms with Crippen LogP contribution in [-0.4, -0.2) is 40.7 Å². The zero-order valence-corrected chi connectivity index (χ0v) is 15.1. The average molecular weight is 350 g/mol. The fourth-order valence-corrected chi connectivity index (χ4v) is 2.72. The van der Waals surface area contributed by atoms with Gasteiger partial charge in [-0.1, -0.05) is 29.8 Å². The molecule has 0 saturated heterocycles. The molecule has 3 rings (SSSR count). The van der Waals surface area contributed by atoms with Gasteiger partial charge in [-0.2, -0.15) is 15.0 Å². The highest BCUT2D eigenvalue weighted by atomic mass is 16.5. The first-order valence-corrected chi connectivity index (χ1v) is 8.45. The maximum absolute atomic E-state index is 12.7. The van der Waals surface area contributed by atoms with Crippen LogP contribution in [0.2, 0.25) is 0 Å².